The number of hydrogen-bond donors (Lipinski definition) is 1. The maximum absolute atomic E-state index is 13.2. The average Bonchev–Trinajstić information content (AvgIpc) is 2.99. The van der Waals surface area contributed by atoms with Crippen molar-refractivity contribution in [2.24, 2.45) is 0 Å². The van der Waals surface area contributed by atoms with Crippen molar-refractivity contribution in [2.75, 3.05) is 13.7 Å². The number of benzene rings is 2. The van der Waals surface area contributed by atoms with E-state index in [2.05, 4.69) is 4.98 Å². The number of aromatic amines is 1. The number of H-pyrrole nitrogens is 1. The van der Waals surface area contributed by atoms with E-state index in [1.165, 1.54) is 0 Å². The Balaban J connectivity index is 1.76. The van der Waals surface area contributed by atoms with E-state index in [1.54, 1.807) is 17.5 Å². The van der Waals surface area contributed by atoms with Gasteiger partial charge in [-0.1, -0.05) is 29.8 Å². The van der Waals surface area contributed by atoms with Crippen LogP contribution >= 0.6 is 0 Å². The Morgan fingerprint density at radius 1 is 1.15 bits per heavy atom. The topological polar surface area (TPSA) is 62.4 Å². The Morgan fingerprint density at radius 2 is 1.96 bits per heavy atom. The van der Waals surface area contributed by atoms with Gasteiger partial charge in [0.15, 0.2) is 0 Å². The van der Waals surface area contributed by atoms with Gasteiger partial charge in [-0.3, -0.25) is 0 Å². The van der Waals surface area contributed by atoms with Gasteiger partial charge < -0.3 is 9.72 Å². The second-order valence-electron chi connectivity index (χ2n) is 6.82. The first-order chi connectivity index (χ1) is 12.4. The number of nitrogens with zero attached hydrogens (tertiary/aromatic N) is 1. The van der Waals surface area contributed by atoms with Crippen molar-refractivity contribution >= 4 is 20.9 Å². The first-order valence-electron chi connectivity index (χ1n) is 8.65. The molecule has 1 aromatic heterocycles. The van der Waals surface area contributed by atoms with Crippen LogP contribution in [0.4, 0.5) is 0 Å². The van der Waals surface area contributed by atoms with Crippen LogP contribution in [0, 0.1) is 13.8 Å². The fourth-order valence-electron chi connectivity index (χ4n) is 3.79. The lowest BCUT2D eigenvalue weighted by atomic mass is 10.1. The van der Waals surface area contributed by atoms with Crippen molar-refractivity contribution < 1.29 is 13.2 Å². The highest BCUT2D eigenvalue weighted by Gasteiger charge is 2.31. The van der Waals surface area contributed by atoms with Gasteiger partial charge in [-0.05, 0) is 37.1 Å². The van der Waals surface area contributed by atoms with E-state index in [0.29, 0.717) is 24.4 Å². The molecule has 1 aliphatic heterocycles. The maximum atomic E-state index is 13.2. The lowest BCUT2D eigenvalue weighted by Crippen LogP contribution is -2.36. The predicted molar refractivity (Wildman–Crippen MR) is 102 cm³/mol. The maximum Gasteiger partial charge on any atom is 0.243 e. The van der Waals surface area contributed by atoms with Crippen molar-refractivity contribution in [1.82, 2.24) is 9.29 Å². The summed E-state index contributed by atoms with van der Waals surface area (Å²) in [5.41, 5.74) is 4.92. The minimum absolute atomic E-state index is 0.373. The molecule has 0 spiro atoms. The molecule has 6 heteroatoms. The number of hydrogen-bond acceptors (Lipinski definition) is 3. The third-order valence-corrected chi connectivity index (χ3v) is 7.11. The fraction of sp³-hybridized carbons (Fsp3) is 0.300. The SMILES string of the molecule is COc1cccc2c3c([nH]c12)CCN(S(=O)(=O)c1ccc(C)cc1C)C3. The highest BCUT2D eigenvalue weighted by atomic mass is 32.2. The van der Waals surface area contributed by atoms with Crippen molar-refractivity contribution in [3.63, 3.8) is 0 Å². The minimum atomic E-state index is -3.53. The monoisotopic (exact) mass is 370 g/mol. The van der Waals surface area contributed by atoms with E-state index in [4.69, 9.17) is 4.74 Å². The summed E-state index contributed by atoms with van der Waals surface area (Å²) in [7, 11) is -1.88. The van der Waals surface area contributed by atoms with Gasteiger partial charge in [0.1, 0.15) is 5.75 Å². The lowest BCUT2D eigenvalue weighted by molar-refractivity contribution is 0.391. The summed E-state index contributed by atoms with van der Waals surface area (Å²) in [5, 5.41) is 1.03. The zero-order valence-corrected chi connectivity index (χ0v) is 16.0. The zero-order valence-electron chi connectivity index (χ0n) is 15.2. The van der Waals surface area contributed by atoms with Crippen LogP contribution in [0.1, 0.15) is 22.4 Å². The number of methoxy groups -OCH3 is 1. The molecule has 5 nitrogen and oxygen atoms in total. The van der Waals surface area contributed by atoms with Crippen LogP contribution in [0.25, 0.3) is 10.9 Å². The van der Waals surface area contributed by atoms with E-state index in [0.717, 1.165) is 39.0 Å². The van der Waals surface area contributed by atoms with Crippen LogP contribution < -0.4 is 4.74 Å². The molecule has 0 saturated carbocycles. The normalized spacial score (nSPS) is 15.2. The summed E-state index contributed by atoms with van der Waals surface area (Å²) in [6.45, 7) is 4.66. The van der Waals surface area contributed by atoms with E-state index >= 15 is 0 Å². The largest absolute Gasteiger partial charge is 0.495 e. The number of rotatable bonds is 3. The number of ether oxygens (including phenoxy) is 1. The number of nitrogens with one attached hydrogen (secondary N) is 1. The molecular weight excluding hydrogens is 348 g/mol. The molecule has 0 fully saturated rings. The molecule has 1 aliphatic rings. The standard InChI is InChI=1S/C20H22N2O3S/c1-13-7-8-19(14(2)11-13)26(23,24)22-10-9-17-16(12-22)15-5-4-6-18(25-3)20(15)21-17/h4-8,11,21H,9-10,12H2,1-3H3. The molecule has 26 heavy (non-hydrogen) atoms. The predicted octanol–water partition coefficient (Wildman–Crippen LogP) is 3.54. The number of fused-ring (bicyclic) bond motifs is 3. The highest BCUT2D eigenvalue weighted by molar-refractivity contribution is 7.89. The smallest absolute Gasteiger partial charge is 0.243 e. The average molecular weight is 370 g/mol. The molecule has 0 aliphatic carbocycles. The third-order valence-electron chi connectivity index (χ3n) is 5.11. The van der Waals surface area contributed by atoms with E-state index in [-0.39, 0.29) is 0 Å². The van der Waals surface area contributed by atoms with Crippen LogP contribution in [-0.4, -0.2) is 31.4 Å². The molecular formula is C20H22N2O3S. The Kier molecular flexibility index (Phi) is 4.04. The molecule has 1 N–H and O–H groups in total. The van der Waals surface area contributed by atoms with Crippen molar-refractivity contribution in [1.29, 1.82) is 0 Å². The van der Waals surface area contributed by atoms with Gasteiger partial charge in [-0.25, -0.2) is 8.42 Å². The van der Waals surface area contributed by atoms with Crippen molar-refractivity contribution in [3.05, 3.63) is 58.8 Å². The summed E-state index contributed by atoms with van der Waals surface area (Å²) >= 11 is 0. The number of sulfonamides is 1. The van der Waals surface area contributed by atoms with E-state index in [1.807, 2.05) is 44.2 Å². The lowest BCUT2D eigenvalue weighted by Gasteiger charge is -2.27. The number of aromatic nitrogens is 1. The van der Waals surface area contributed by atoms with Crippen LogP contribution in [0.2, 0.25) is 0 Å². The molecule has 0 unspecified atom stereocenters. The van der Waals surface area contributed by atoms with E-state index < -0.39 is 10.0 Å². The number of para-hydroxylation sites is 1. The second-order valence-corrected chi connectivity index (χ2v) is 8.73. The van der Waals surface area contributed by atoms with Crippen LogP contribution in [0.5, 0.6) is 5.75 Å². The Morgan fingerprint density at radius 3 is 2.69 bits per heavy atom. The van der Waals surface area contributed by atoms with Gasteiger partial charge in [-0.2, -0.15) is 4.31 Å². The van der Waals surface area contributed by atoms with Crippen LogP contribution in [0.3, 0.4) is 0 Å². The molecule has 0 radical (unpaired) electrons. The highest BCUT2D eigenvalue weighted by Crippen LogP contribution is 2.34. The van der Waals surface area contributed by atoms with Gasteiger partial charge in [0.2, 0.25) is 10.0 Å². The summed E-state index contributed by atoms with van der Waals surface area (Å²) in [6.07, 6.45) is 0.664. The molecule has 0 atom stereocenters. The first-order valence-corrected chi connectivity index (χ1v) is 10.1. The first kappa shape index (κ1) is 17.1. The summed E-state index contributed by atoms with van der Waals surface area (Å²) in [6, 6.07) is 11.3. The fourth-order valence-corrected chi connectivity index (χ4v) is 5.40. The van der Waals surface area contributed by atoms with Gasteiger partial charge in [-0.15, -0.1) is 0 Å². The Labute approximate surface area is 153 Å². The van der Waals surface area contributed by atoms with E-state index in [9.17, 15) is 8.42 Å². The molecule has 0 bridgehead atoms. The van der Waals surface area contributed by atoms with Crippen LogP contribution in [-0.2, 0) is 23.0 Å². The molecule has 2 aromatic carbocycles. The molecule has 136 valence electrons. The van der Waals surface area contributed by atoms with Gasteiger partial charge >= 0.3 is 0 Å². The van der Waals surface area contributed by atoms with Gasteiger partial charge in [0.25, 0.3) is 0 Å². The van der Waals surface area contributed by atoms with Crippen LogP contribution in [0.15, 0.2) is 41.3 Å². The zero-order chi connectivity index (χ0) is 18.5. The van der Waals surface area contributed by atoms with Gasteiger partial charge in [0.05, 0.1) is 17.5 Å². The Bertz CT molecular complexity index is 1100. The molecule has 2 heterocycles. The summed E-state index contributed by atoms with van der Waals surface area (Å²) < 4.78 is 33.4. The number of aryl methyl sites for hydroxylation is 2. The molecule has 0 saturated heterocycles. The molecule has 0 amide bonds. The van der Waals surface area contributed by atoms with Crippen molar-refractivity contribution in [2.45, 2.75) is 31.7 Å². The summed E-state index contributed by atoms with van der Waals surface area (Å²) in [5.74, 6) is 0.778. The molecule has 4 rings (SSSR count). The summed E-state index contributed by atoms with van der Waals surface area (Å²) in [4.78, 5) is 3.81. The quantitative estimate of drug-likeness (QED) is 0.767. The Hall–Kier alpha value is -2.31. The molecule has 3 aromatic rings. The van der Waals surface area contributed by atoms with Crippen molar-refractivity contribution in [3.8, 4) is 5.75 Å². The van der Waals surface area contributed by atoms with Gasteiger partial charge in [0, 0.05) is 30.6 Å². The minimum Gasteiger partial charge on any atom is -0.495 e. The third kappa shape index (κ3) is 2.61. The second kappa shape index (κ2) is 6.14.